The van der Waals surface area contributed by atoms with Crippen molar-refractivity contribution < 1.29 is 33.8 Å². The minimum atomic E-state index is -0.739. The molecule has 0 radical (unpaired) electrons. The predicted octanol–water partition coefficient (Wildman–Crippen LogP) is 6.53. The first-order chi connectivity index (χ1) is 14.1. The SMILES string of the molecule is CCCCC(C)(C)OOCC(CC)OC(=O)OC(CC)COOC(C)(C)CCCC. The summed E-state index contributed by atoms with van der Waals surface area (Å²) in [6.45, 7) is 16.3. The molecule has 2 atom stereocenters. The van der Waals surface area contributed by atoms with Crippen LogP contribution in [0, 0.1) is 0 Å². The van der Waals surface area contributed by atoms with Crippen molar-refractivity contribution in [3.8, 4) is 0 Å². The fourth-order valence-corrected chi connectivity index (χ4v) is 2.60. The number of ether oxygens (including phenoxy) is 2. The molecule has 0 aliphatic heterocycles. The van der Waals surface area contributed by atoms with Crippen LogP contribution in [0.15, 0.2) is 0 Å². The Labute approximate surface area is 183 Å². The Morgan fingerprint density at radius 1 is 0.700 bits per heavy atom. The Balaban J connectivity index is 4.27. The molecule has 180 valence electrons. The largest absolute Gasteiger partial charge is 0.508 e. The fourth-order valence-electron chi connectivity index (χ4n) is 2.60. The van der Waals surface area contributed by atoms with Crippen molar-refractivity contribution in [3.05, 3.63) is 0 Å². The zero-order valence-electron chi connectivity index (χ0n) is 20.6. The zero-order chi connectivity index (χ0) is 23.0. The molecule has 0 rings (SSSR count). The summed E-state index contributed by atoms with van der Waals surface area (Å²) in [6.07, 6.45) is 5.70. The lowest BCUT2D eigenvalue weighted by molar-refractivity contribution is -0.364. The normalized spacial score (nSPS) is 14.4. The van der Waals surface area contributed by atoms with Gasteiger partial charge in [0.25, 0.3) is 0 Å². The minimum absolute atomic E-state index is 0.156. The highest BCUT2D eigenvalue weighted by atomic mass is 17.2. The van der Waals surface area contributed by atoms with Crippen LogP contribution in [0.1, 0.15) is 107 Å². The highest BCUT2D eigenvalue weighted by Gasteiger charge is 2.24. The highest BCUT2D eigenvalue weighted by molar-refractivity contribution is 5.60. The van der Waals surface area contributed by atoms with Crippen LogP contribution < -0.4 is 0 Å². The first-order valence-corrected chi connectivity index (χ1v) is 11.6. The van der Waals surface area contributed by atoms with Crippen molar-refractivity contribution in [2.24, 2.45) is 0 Å². The van der Waals surface area contributed by atoms with Gasteiger partial charge >= 0.3 is 6.16 Å². The third-order valence-corrected chi connectivity index (χ3v) is 4.78. The lowest BCUT2D eigenvalue weighted by Gasteiger charge is -2.25. The molecule has 30 heavy (non-hydrogen) atoms. The van der Waals surface area contributed by atoms with Gasteiger partial charge in [-0.05, 0) is 53.4 Å². The van der Waals surface area contributed by atoms with E-state index in [4.69, 9.17) is 29.0 Å². The van der Waals surface area contributed by atoms with E-state index in [-0.39, 0.29) is 24.4 Å². The molecule has 0 amide bonds. The summed E-state index contributed by atoms with van der Waals surface area (Å²) in [5, 5.41) is 0. The van der Waals surface area contributed by atoms with Crippen LogP contribution in [0.3, 0.4) is 0 Å². The van der Waals surface area contributed by atoms with Crippen LogP contribution in [0.25, 0.3) is 0 Å². The van der Waals surface area contributed by atoms with E-state index >= 15 is 0 Å². The van der Waals surface area contributed by atoms with Gasteiger partial charge in [-0.25, -0.2) is 24.3 Å². The van der Waals surface area contributed by atoms with Crippen molar-refractivity contribution in [2.75, 3.05) is 13.2 Å². The fraction of sp³-hybridized carbons (Fsp3) is 0.957. The second-order valence-corrected chi connectivity index (χ2v) is 9.01. The quantitative estimate of drug-likeness (QED) is 0.138. The standard InChI is InChI=1S/C23H46O7/c1-9-13-15-22(5,6)29-25-17-19(11-3)27-21(24)28-20(12-4)18-26-30-23(7,8)16-14-10-2/h19-20H,9-18H2,1-8H3. The van der Waals surface area contributed by atoms with E-state index in [1.54, 1.807) is 0 Å². The maximum atomic E-state index is 12.1. The lowest BCUT2D eigenvalue weighted by atomic mass is 10.0. The Kier molecular flexibility index (Phi) is 15.4. The topological polar surface area (TPSA) is 72.5 Å². The van der Waals surface area contributed by atoms with E-state index in [2.05, 4.69) is 13.8 Å². The van der Waals surface area contributed by atoms with Gasteiger partial charge in [0, 0.05) is 0 Å². The second-order valence-electron chi connectivity index (χ2n) is 9.01. The first kappa shape index (κ1) is 29.1. The van der Waals surface area contributed by atoms with Crippen molar-refractivity contribution >= 4 is 6.16 Å². The molecule has 0 spiro atoms. The molecule has 0 aromatic heterocycles. The van der Waals surface area contributed by atoms with Gasteiger partial charge in [0.1, 0.15) is 25.4 Å². The average Bonchev–Trinajstić information content (AvgIpc) is 2.69. The summed E-state index contributed by atoms with van der Waals surface area (Å²) in [5.74, 6) is 0. The molecule has 0 fully saturated rings. The van der Waals surface area contributed by atoms with Crippen molar-refractivity contribution in [1.82, 2.24) is 0 Å². The Hall–Kier alpha value is -0.890. The van der Waals surface area contributed by atoms with Crippen molar-refractivity contribution in [3.63, 3.8) is 0 Å². The van der Waals surface area contributed by atoms with Crippen molar-refractivity contribution in [1.29, 1.82) is 0 Å². The van der Waals surface area contributed by atoms with Gasteiger partial charge in [-0.3, -0.25) is 0 Å². The van der Waals surface area contributed by atoms with E-state index in [0.717, 1.165) is 38.5 Å². The van der Waals surface area contributed by atoms with Gasteiger partial charge < -0.3 is 9.47 Å². The predicted molar refractivity (Wildman–Crippen MR) is 117 cm³/mol. The summed E-state index contributed by atoms with van der Waals surface area (Å²) in [6, 6.07) is 0. The zero-order valence-corrected chi connectivity index (χ0v) is 20.6. The molecular weight excluding hydrogens is 388 g/mol. The van der Waals surface area contributed by atoms with E-state index in [1.807, 2.05) is 41.5 Å². The van der Waals surface area contributed by atoms with E-state index in [9.17, 15) is 4.79 Å². The number of unbranched alkanes of at least 4 members (excludes halogenated alkanes) is 2. The molecule has 0 saturated heterocycles. The third kappa shape index (κ3) is 15.0. The Bertz CT molecular complexity index is 399. The van der Waals surface area contributed by atoms with E-state index in [0.29, 0.717) is 12.8 Å². The first-order valence-electron chi connectivity index (χ1n) is 11.6. The van der Waals surface area contributed by atoms with Crippen LogP contribution in [-0.2, 0) is 29.0 Å². The van der Waals surface area contributed by atoms with Gasteiger partial charge in [-0.15, -0.1) is 0 Å². The van der Waals surface area contributed by atoms with Gasteiger partial charge in [0.15, 0.2) is 0 Å². The van der Waals surface area contributed by atoms with E-state index in [1.165, 1.54) is 0 Å². The average molecular weight is 435 g/mol. The van der Waals surface area contributed by atoms with Gasteiger partial charge in [0.2, 0.25) is 0 Å². The maximum Gasteiger partial charge on any atom is 0.508 e. The molecule has 7 nitrogen and oxygen atoms in total. The summed E-state index contributed by atoms with van der Waals surface area (Å²) in [7, 11) is 0. The molecule has 0 bridgehead atoms. The molecule has 0 saturated carbocycles. The number of hydrogen-bond donors (Lipinski definition) is 0. The molecule has 0 heterocycles. The summed E-state index contributed by atoms with van der Waals surface area (Å²) < 4.78 is 10.7. The third-order valence-electron chi connectivity index (χ3n) is 4.78. The molecule has 0 aromatic carbocycles. The molecule has 0 N–H and O–H groups in total. The number of hydrogen-bond acceptors (Lipinski definition) is 7. The van der Waals surface area contributed by atoms with Crippen LogP contribution in [-0.4, -0.2) is 42.8 Å². The molecule has 2 unspecified atom stereocenters. The summed E-state index contributed by atoms with van der Waals surface area (Å²) in [4.78, 5) is 33.8. The van der Waals surface area contributed by atoms with Gasteiger partial charge in [-0.1, -0.05) is 53.4 Å². The lowest BCUT2D eigenvalue weighted by Crippen LogP contribution is -2.31. The van der Waals surface area contributed by atoms with Gasteiger partial charge in [0.05, 0.1) is 11.2 Å². The number of rotatable bonds is 18. The molecule has 0 aliphatic rings. The molecular formula is C23H46O7. The monoisotopic (exact) mass is 434 g/mol. The van der Waals surface area contributed by atoms with Crippen LogP contribution in [0.2, 0.25) is 0 Å². The van der Waals surface area contributed by atoms with E-state index < -0.39 is 18.4 Å². The molecule has 7 heteroatoms. The molecule has 0 aliphatic carbocycles. The Morgan fingerprint density at radius 3 is 1.37 bits per heavy atom. The second kappa shape index (κ2) is 15.8. The van der Waals surface area contributed by atoms with Crippen LogP contribution >= 0.6 is 0 Å². The van der Waals surface area contributed by atoms with Crippen LogP contribution in [0.4, 0.5) is 4.79 Å². The minimum Gasteiger partial charge on any atom is -0.428 e. The number of carbonyl (C=O) groups excluding carboxylic acids is 1. The van der Waals surface area contributed by atoms with Gasteiger partial charge in [-0.2, -0.15) is 0 Å². The Morgan fingerprint density at radius 2 is 1.07 bits per heavy atom. The maximum absolute atomic E-state index is 12.1. The van der Waals surface area contributed by atoms with Crippen molar-refractivity contribution in [2.45, 2.75) is 130 Å². The molecule has 0 aromatic rings. The highest BCUT2D eigenvalue weighted by Crippen LogP contribution is 2.20. The summed E-state index contributed by atoms with van der Waals surface area (Å²) >= 11 is 0. The van der Waals surface area contributed by atoms with Crippen LogP contribution in [0.5, 0.6) is 0 Å². The summed E-state index contributed by atoms with van der Waals surface area (Å²) in [5.41, 5.74) is -0.741. The number of carbonyl (C=O) groups is 1. The smallest absolute Gasteiger partial charge is 0.428 e.